The fourth-order valence-electron chi connectivity index (χ4n) is 1.54. The van der Waals surface area contributed by atoms with Gasteiger partial charge in [-0.25, -0.2) is 9.37 Å². The first-order valence-electron chi connectivity index (χ1n) is 5.09. The van der Waals surface area contributed by atoms with Crippen molar-refractivity contribution >= 4 is 34.8 Å². The van der Waals surface area contributed by atoms with Crippen molar-refractivity contribution in [1.29, 1.82) is 0 Å². The molecule has 1 aromatic heterocycles. The van der Waals surface area contributed by atoms with E-state index < -0.39 is 17.6 Å². The van der Waals surface area contributed by atoms with Crippen LogP contribution in [0.4, 0.5) is 17.6 Å². The van der Waals surface area contributed by atoms with Crippen LogP contribution in [0.3, 0.4) is 0 Å². The first kappa shape index (κ1) is 15.4. The normalized spacial score (nSPS) is 11.8. The zero-order valence-electron chi connectivity index (χ0n) is 9.40. The van der Waals surface area contributed by atoms with Gasteiger partial charge < -0.3 is 0 Å². The van der Waals surface area contributed by atoms with Crippen molar-refractivity contribution < 1.29 is 17.6 Å². The summed E-state index contributed by atoms with van der Waals surface area (Å²) in [6, 6.07) is 3.69. The SMILES string of the molecule is Fc1ccc(-c2nc(Cl)c(Cl)cc2Cl)cc1C(F)(F)F. The molecule has 0 N–H and O–H groups in total. The fraction of sp³-hybridized carbons (Fsp3) is 0.0833. The molecule has 0 spiro atoms. The van der Waals surface area contributed by atoms with Gasteiger partial charge in [-0.3, -0.25) is 0 Å². The van der Waals surface area contributed by atoms with E-state index in [4.69, 9.17) is 34.8 Å². The van der Waals surface area contributed by atoms with E-state index in [1.54, 1.807) is 0 Å². The van der Waals surface area contributed by atoms with E-state index in [9.17, 15) is 17.6 Å². The maximum absolute atomic E-state index is 13.2. The molecule has 0 aliphatic carbocycles. The van der Waals surface area contributed by atoms with E-state index >= 15 is 0 Å². The number of halogens is 7. The first-order valence-corrected chi connectivity index (χ1v) is 6.22. The Morgan fingerprint density at radius 3 is 2.20 bits per heavy atom. The van der Waals surface area contributed by atoms with Crippen molar-refractivity contribution in [2.24, 2.45) is 0 Å². The largest absolute Gasteiger partial charge is 0.419 e. The Hall–Kier alpha value is -1.04. The smallest absolute Gasteiger partial charge is 0.233 e. The summed E-state index contributed by atoms with van der Waals surface area (Å²) in [5, 5.41) is -0.0262. The highest BCUT2D eigenvalue weighted by Crippen LogP contribution is 2.37. The van der Waals surface area contributed by atoms with Crippen LogP contribution in [0.25, 0.3) is 11.3 Å². The molecular formula is C12H4Cl3F4N. The monoisotopic (exact) mass is 343 g/mol. The quantitative estimate of drug-likeness (QED) is 0.466. The second kappa shape index (κ2) is 5.39. The average molecular weight is 345 g/mol. The fourth-order valence-corrected chi connectivity index (χ4v) is 2.14. The number of hydrogen-bond donors (Lipinski definition) is 0. The summed E-state index contributed by atoms with van der Waals surface area (Å²) in [6.07, 6.45) is -4.82. The molecule has 0 aliphatic heterocycles. The number of benzene rings is 1. The minimum absolute atomic E-state index is 0.00781. The lowest BCUT2D eigenvalue weighted by atomic mass is 10.1. The lowest BCUT2D eigenvalue weighted by Gasteiger charge is -2.11. The van der Waals surface area contributed by atoms with Crippen LogP contribution in [0.15, 0.2) is 24.3 Å². The molecule has 0 unspecified atom stereocenters. The third-order valence-corrected chi connectivity index (χ3v) is 3.39. The summed E-state index contributed by atoms with van der Waals surface area (Å²) in [6.45, 7) is 0. The molecule has 0 aliphatic rings. The Morgan fingerprint density at radius 1 is 0.950 bits per heavy atom. The van der Waals surface area contributed by atoms with Crippen LogP contribution < -0.4 is 0 Å². The van der Waals surface area contributed by atoms with Crippen molar-refractivity contribution in [3.05, 3.63) is 50.8 Å². The highest BCUT2D eigenvalue weighted by Gasteiger charge is 2.34. The van der Waals surface area contributed by atoms with Crippen molar-refractivity contribution in [3.63, 3.8) is 0 Å². The Balaban J connectivity index is 2.63. The topological polar surface area (TPSA) is 12.9 Å². The third kappa shape index (κ3) is 3.00. The molecule has 2 rings (SSSR count). The average Bonchev–Trinajstić information content (AvgIpc) is 2.33. The van der Waals surface area contributed by atoms with Crippen LogP contribution in [0, 0.1) is 5.82 Å². The van der Waals surface area contributed by atoms with Crippen molar-refractivity contribution in [2.45, 2.75) is 6.18 Å². The molecule has 20 heavy (non-hydrogen) atoms. The summed E-state index contributed by atoms with van der Waals surface area (Å²) in [5.74, 6) is -1.38. The maximum Gasteiger partial charge on any atom is 0.419 e. The molecule has 106 valence electrons. The van der Waals surface area contributed by atoms with Gasteiger partial charge in [0.1, 0.15) is 11.0 Å². The zero-order chi connectivity index (χ0) is 15.1. The van der Waals surface area contributed by atoms with E-state index in [0.29, 0.717) is 12.1 Å². The molecule has 0 fully saturated rings. The highest BCUT2D eigenvalue weighted by molar-refractivity contribution is 6.42. The second-order valence-electron chi connectivity index (χ2n) is 3.78. The molecule has 1 aromatic carbocycles. The van der Waals surface area contributed by atoms with E-state index in [1.165, 1.54) is 6.07 Å². The van der Waals surface area contributed by atoms with Gasteiger partial charge in [-0.15, -0.1) is 0 Å². The van der Waals surface area contributed by atoms with Crippen LogP contribution in [0.2, 0.25) is 15.2 Å². The molecule has 0 saturated heterocycles. The van der Waals surface area contributed by atoms with E-state index in [2.05, 4.69) is 4.98 Å². The van der Waals surface area contributed by atoms with Gasteiger partial charge in [0.25, 0.3) is 0 Å². The number of alkyl halides is 3. The number of pyridine rings is 1. The number of hydrogen-bond acceptors (Lipinski definition) is 1. The third-order valence-electron chi connectivity index (χ3n) is 2.43. The molecule has 1 heterocycles. The van der Waals surface area contributed by atoms with E-state index in [1.807, 2.05) is 0 Å². The van der Waals surface area contributed by atoms with Crippen LogP contribution in [-0.4, -0.2) is 4.98 Å². The molecule has 0 bridgehead atoms. The summed E-state index contributed by atoms with van der Waals surface area (Å²) < 4.78 is 51.1. The van der Waals surface area contributed by atoms with Crippen molar-refractivity contribution in [1.82, 2.24) is 4.98 Å². The Kier molecular flexibility index (Phi) is 4.14. The number of rotatable bonds is 1. The summed E-state index contributed by atoms with van der Waals surface area (Å²) in [5.41, 5.74) is -1.42. The van der Waals surface area contributed by atoms with Crippen LogP contribution >= 0.6 is 34.8 Å². The Labute approximate surface area is 126 Å². The van der Waals surface area contributed by atoms with Gasteiger partial charge >= 0.3 is 6.18 Å². The van der Waals surface area contributed by atoms with Gasteiger partial charge in [0, 0.05) is 5.56 Å². The van der Waals surface area contributed by atoms with E-state index in [0.717, 1.165) is 6.07 Å². The summed E-state index contributed by atoms with van der Waals surface area (Å²) in [7, 11) is 0. The van der Waals surface area contributed by atoms with Gasteiger partial charge in [-0.1, -0.05) is 34.8 Å². The highest BCUT2D eigenvalue weighted by atomic mass is 35.5. The van der Waals surface area contributed by atoms with Gasteiger partial charge in [0.05, 0.1) is 21.3 Å². The summed E-state index contributed by atoms with van der Waals surface area (Å²) in [4.78, 5) is 3.81. The molecular weight excluding hydrogens is 340 g/mol. The van der Waals surface area contributed by atoms with E-state index in [-0.39, 0.29) is 26.5 Å². The van der Waals surface area contributed by atoms with Crippen molar-refractivity contribution in [2.75, 3.05) is 0 Å². The summed E-state index contributed by atoms with van der Waals surface area (Å²) >= 11 is 17.2. The predicted octanol–water partition coefficient (Wildman–Crippen LogP) is 5.87. The lowest BCUT2D eigenvalue weighted by Crippen LogP contribution is -2.08. The predicted molar refractivity (Wildman–Crippen MR) is 69.7 cm³/mol. The molecule has 8 heteroatoms. The standard InChI is InChI=1S/C12H4Cl3F4N/c13-7-4-8(14)11(15)20-10(7)5-1-2-9(16)6(3-5)12(17,18)19/h1-4H. The van der Waals surface area contributed by atoms with Crippen LogP contribution in [0.5, 0.6) is 0 Å². The van der Waals surface area contributed by atoms with Gasteiger partial charge in [0.15, 0.2) is 0 Å². The molecule has 0 amide bonds. The van der Waals surface area contributed by atoms with Crippen LogP contribution in [0.1, 0.15) is 5.56 Å². The van der Waals surface area contributed by atoms with Crippen molar-refractivity contribution in [3.8, 4) is 11.3 Å². The molecule has 0 radical (unpaired) electrons. The number of nitrogens with zero attached hydrogens (tertiary/aromatic N) is 1. The van der Waals surface area contributed by atoms with Crippen LogP contribution in [-0.2, 0) is 6.18 Å². The molecule has 2 aromatic rings. The zero-order valence-corrected chi connectivity index (χ0v) is 11.7. The first-order chi connectivity index (χ1) is 9.20. The maximum atomic E-state index is 13.2. The molecule has 0 saturated carbocycles. The molecule has 1 nitrogen and oxygen atoms in total. The number of aromatic nitrogens is 1. The Morgan fingerprint density at radius 2 is 1.60 bits per heavy atom. The van der Waals surface area contributed by atoms with Gasteiger partial charge in [-0.05, 0) is 24.3 Å². The molecule has 0 atom stereocenters. The minimum atomic E-state index is -4.82. The van der Waals surface area contributed by atoms with Gasteiger partial charge in [-0.2, -0.15) is 13.2 Å². The lowest BCUT2D eigenvalue weighted by molar-refractivity contribution is -0.139. The second-order valence-corrected chi connectivity index (χ2v) is 4.96. The van der Waals surface area contributed by atoms with Gasteiger partial charge in [0.2, 0.25) is 0 Å². The Bertz CT molecular complexity index is 670. The minimum Gasteiger partial charge on any atom is -0.233 e.